The molecule has 2 aliphatic rings. The molecule has 1 aromatic heterocycles. The van der Waals surface area contributed by atoms with Crippen LogP contribution in [0.2, 0.25) is 0 Å². The molecule has 25 heavy (non-hydrogen) atoms. The lowest BCUT2D eigenvalue weighted by molar-refractivity contribution is -0.154. The van der Waals surface area contributed by atoms with E-state index in [1.54, 1.807) is 6.07 Å². The van der Waals surface area contributed by atoms with E-state index in [2.05, 4.69) is 15.0 Å². The second-order valence-corrected chi connectivity index (χ2v) is 6.66. The van der Waals surface area contributed by atoms with E-state index in [9.17, 15) is 18.0 Å². The molecule has 1 aromatic rings. The van der Waals surface area contributed by atoms with Crippen molar-refractivity contribution in [1.29, 1.82) is 0 Å². The Morgan fingerprint density at radius 1 is 1.36 bits per heavy atom. The van der Waals surface area contributed by atoms with Crippen molar-refractivity contribution in [3.8, 4) is 5.88 Å². The quantitative estimate of drug-likeness (QED) is 0.827. The zero-order valence-electron chi connectivity index (χ0n) is 14.7. The standard InChI is InChI=1S/C16H19F3N2O2.C2H6/c17-16(18,19)10-23-14-6-11(1-4-20-14)9-21-13(22)5-12-7-15(8-12)2-3-15;1-2/h1,4,6,12H,2-3,5,7-10H2,(H,21,22);1-2H3. The predicted octanol–water partition coefficient (Wildman–Crippen LogP) is 4.25. The SMILES string of the molecule is CC.O=C(CC1CC2(CC2)C1)NCc1ccnc(OCC(F)(F)F)c1. The maximum atomic E-state index is 12.1. The number of nitrogens with one attached hydrogen (secondary N) is 1. The molecular formula is C18H25F3N2O2. The Balaban J connectivity index is 0.00000109. The second kappa shape index (κ2) is 8.06. The van der Waals surface area contributed by atoms with E-state index in [0.29, 0.717) is 23.3 Å². The summed E-state index contributed by atoms with van der Waals surface area (Å²) in [5.74, 6) is 0.379. The van der Waals surface area contributed by atoms with Crippen LogP contribution in [0.15, 0.2) is 18.3 Å². The van der Waals surface area contributed by atoms with Crippen LogP contribution >= 0.6 is 0 Å². The van der Waals surface area contributed by atoms with Crippen LogP contribution in [0.3, 0.4) is 0 Å². The fourth-order valence-corrected chi connectivity index (χ4v) is 3.22. The van der Waals surface area contributed by atoms with Crippen LogP contribution in [0.5, 0.6) is 5.88 Å². The summed E-state index contributed by atoms with van der Waals surface area (Å²) < 4.78 is 40.9. The van der Waals surface area contributed by atoms with Gasteiger partial charge < -0.3 is 10.1 Å². The van der Waals surface area contributed by atoms with Gasteiger partial charge in [-0.05, 0) is 48.6 Å². The Morgan fingerprint density at radius 3 is 2.64 bits per heavy atom. The summed E-state index contributed by atoms with van der Waals surface area (Å²) in [5.41, 5.74) is 1.25. The molecular weight excluding hydrogens is 333 g/mol. The maximum absolute atomic E-state index is 12.1. The third-order valence-electron chi connectivity index (χ3n) is 4.55. The fourth-order valence-electron chi connectivity index (χ4n) is 3.22. The Hall–Kier alpha value is -1.79. The number of nitrogens with zero attached hydrogens (tertiary/aromatic N) is 1. The highest BCUT2D eigenvalue weighted by Crippen LogP contribution is 2.63. The molecule has 1 spiro atoms. The Labute approximate surface area is 146 Å². The monoisotopic (exact) mass is 358 g/mol. The maximum Gasteiger partial charge on any atom is 0.422 e. The molecule has 4 nitrogen and oxygen atoms in total. The number of carbonyl (C=O) groups excluding carboxylic acids is 1. The summed E-state index contributed by atoms with van der Waals surface area (Å²) >= 11 is 0. The molecule has 2 fully saturated rings. The fraction of sp³-hybridized carbons (Fsp3) is 0.667. The van der Waals surface area contributed by atoms with Crippen LogP contribution in [0, 0.1) is 11.3 Å². The minimum absolute atomic E-state index is 0.0138. The van der Waals surface area contributed by atoms with Gasteiger partial charge in [-0.3, -0.25) is 4.79 Å². The number of pyridine rings is 1. The van der Waals surface area contributed by atoms with Crippen LogP contribution in [-0.4, -0.2) is 23.7 Å². The molecule has 7 heteroatoms. The van der Waals surface area contributed by atoms with Gasteiger partial charge in [0, 0.05) is 25.2 Å². The van der Waals surface area contributed by atoms with Gasteiger partial charge in [0.15, 0.2) is 6.61 Å². The van der Waals surface area contributed by atoms with Crippen LogP contribution < -0.4 is 10.1 Å². The summed E-state index contributed by atoms with van der Waals surface area (Å²) in [4.78, 5) is 15.6. The van der Waals surface area contributed by atoms with Crippen molar-refractivity contribution in [3.05, 3.63) is 23.9 Å². The molecule has 2 aliphatic carbocycles. The van der Waals surface area contributed by atoms with Gasteiger partial charge in [-0.1, -0.05) is 13.8 Å². The highest BCUT2D eigenvalue weighted by molar-refractivity contribution is 5.76. The molecule has 3 rings (SSSR count). The van der Waals surface area contributed by atoms with Crippen molar-refractivity contribution >= 4 is 5.91 Å². The summed E-state index contributed by atoms with van der Waals surface area (Å²) in [5, 5.41) is 2.80. The molecule has 0 saturated heterocycles. The number of hydrogen-bond acceptors (Lipinski definition) is 3. The lowest BCUT2D eigenvalue weighted by Crippen LogP contribution is -2.32. The predicted molar refractivity (Wildman–Crippen MR) is 88.0 cm³/mol. The molecule has 0 aromatic carbocycles. The van der Waals surface area contributed by atoms with Crippen LogP contribution in [0.1, 0.15) is 51.5 Å². The third-order valence-corrected chi connectivity index (χ3v) is 4.55. The molecule has 0 aliphatic heterocycles. The largest absolute Gasteiger partial charge is 0.468 e. The molecule has 0 radical (unpaired) electrons. The normalized spacial score (nSPS) is 18.0. The van der Waals surface area contributed by atoms with Crippen molar-refractivity contribution in [3.63, 3.8) is 0 Å². The zero-order chi connectivity index (χ0) is 18.5. The first-order chi connectivity index (χ1) is 11.8. The average molecular weight is 358 g/mol. The molecule has 140 valence electrons. The van der Waals surface area contributed by atoms with E-state index in [-0.39, 0.29) is 18.3 Å². The first-order valence-corrected chi connectivity index (χ1v) is 8.75. The van der Waals surface area contributed by atoms with Crippen molar-refractivity contribution in [2.45, 2.75) is 58.7 Å². The van der Waals surface area contributed by atoms with Gasteiger partial charge in [-0.25, -0.2) is 4.98 Å². The zero-order valence-corrected chi connectivity index (χ0v) is 14.7. The first kappa shape index (κ1) is 19.5. The number of ether oxygens (including phenoxy) is 1. The lowest BCUT2D eigenvalue weighted by Gasteiger charge is -2.35. The van der Waals surface area contributed by atoms with E-state index in [1.807, 2.05) is 13.8 Å². The van der Waals surface area contributed by atoms with Gasteiger partial charge in [0.1, 0.15) is 0 Å². The van der Waals surface area contributed by atoms with Crippen LogP contribution in [-0.2, 0) is 11.3 Å². The molecule has 0 atom stereocenters. The van der Waals surface area contributed by atoms with E-state index < -0.39 is 12.8 Å². The van der Waals surface area contributed by atoms with Gasteiger partial charge >= 0.3 is 6.18 Å². The van der Waals surface area contributed by atoms with Crippen LogP contribution in [0.25, 0.3) is 0 Å². The van der Waals surface area contributed by atoms with Crippen molar-refractivity contribution in [1.82, 2.24) is 10.3 Å². The number of rotatable bonds is 6. The van der Waals surface area contributed by atoms with Gasteiger partial charge in [0.25, 0.3) is 0 Å². The Bertz CT molecular complexity index is 578. The molecule has 0 unspecified atom stereocenters. The van der Waals surface area contributed by atoms with Gasteiger partial charge in [-0.2, -0.15) is 13.2 Å². The molecule has 2 saturated carbocycles. The first-order valence-electron chi connectivity index (χ1n) is 8.75. The summed E-state index contributed by atoms with van der Waals surface area (Å²) in [7, 11) is 0. The van der Waals surface area contributed by atoms with Gasteiger partial charge in [0.05, 0.1) is 0 Å². The average Bonchev–Trinajstić information content (AvgIpc) is 3.33. The summed E-state index contributed by atoms with van der Waals surface area (Å²) in [6.45, 7) is 2.89. The number of alkyl halides is 3. The molecule has 1 N–H and O–H groups in total. The smallest absolute Gasteiger partial charge is 0.422 e. The molecule has 1 heterocycles. The van der Waals surface area contributed by atoms with Crippen molar-refractivity contribution in [2.24, 2.45) is 11.3 Å². The van der Waals surface area contributed by atoms with Gasteiger partial charge in [0.2, 0.25) is 11.8 Å². The van der Waals surface area contributed by atoms with E-state index >= 15 is 0 Å². The summed E-state index contributed by atoms with van der Waals surface area (Å²) in [6.07, 6.45) is 2.44. The minimum Gasteiger partial charge on any atom is -0.468 e. The Morgan fingerprint density at radius 2 is 2.04 bits per heavy atom. The number of aromatic nitrogens is 1. The summed E-state index contributed by atoms with van der Waals surface area (Å²) in [6, 6.07) is 3.05. The van der Waals surface area contributed by atoms with E-state index in [0.717, 1.165) is 12.8 Å². The topological polar surface area (TPSA) is 51.2 Å². The number of hydrogen-bond donors (Lipinski definition) is 1. The number of carbonyl (C=O) groups is 1. The second-order valence-electron chi connectivity index (χ2n) is 6.66. The minimum atomic E-state index is -4.40. The number of amides is 1. The van der Waals surface area contributed by atoms with Gasteiger partial charge in [-0.15, -0.1) is 0 Å². The van der Waals surface area contributed by atoms with Crippen LogP contribution in [0.4, 0.5) is 13.2 Å². The van der Waals surface area contributed by atoms with E-state index in [1.165, 1.54) is 25.1 Å². The lowest BCUT2D eigenvalue weighted by atomic mass is 9.70. The van der Waals surface area contributed by atoms with Crippen molar-refractivity contribution < 1.29 is 22.7 Å². The van der Waals surface area contributed by atoms with Crippen molar-refractivity contribution in [2.75, 3.05) is 6.61 Å². The highest BCUT2D eigenvalue weighted by Gasteiger charge is 2.52. The van der Waals surface area contributed by atoms with E-state index in [4.69, 9.17) is 0 Å². The number of halogens is 3. The Kier molecular flexibility index (Phi) is 6.30. The highest BCUT2D eigenvalue weighted by atomic mass is 19.4. The molecule has 1 amide bonds. The third kappa shape index (κ3) is 6.21. The molecule has 0 bridgehead atoms.